The lowest BCUT2D eigenvalue weighted by Crippen LogP contribution is -1.98. The number of carbonyl (C=O) groups is 1. The summed E-state index contributed by atoms with van der Waals surface area (Å²) in [7, 11) is 0. The number of hydrogen-bond donors (Lipinski definition) is 1. The van der Waals surface area contributed by atoms with E-state index in [0.717, 1.165) is 28.2 Å². The van der Waals surface area contributed by atoms with Gasteiger partial charge < -0.3 is 5.32 Å². The lowest BCUT2D eigenvalue weighted by Gasteiger charge is -2.03. The maximum Gasteiger partial charge on any atom is 0.211 e. The average Bonchev–Trinajstić information content (AvgIpc) is 3.51. The van der Waals surface area contributed by atoms with Crippen molar-refractivity contribution in [3.63, 3.8) is 0 Å². The third kappa shape index (κ3) is 5.11. The van der Waals surface area contributed by atoms with Crippen molar-refractivity contribution in [3.8, 4) is 27.6 Å². The molecule has 0 amide bonds. The van der Waals surface area contributed by atoms with E-state index in [1.54, 1.807) is 24.4 Å². The number of halogens is 2. The maximum absolute atomic E-state index is 13.0. The van der Waals surface area contributed by atoms with Crippen LogP contribution in [0.5, 0.6) is 0 Å². The normalized spacial score (nSPS) is 11.2. The molecule has 1 N–H and O–H groups in total. The number of carbonyl (C=O) groups excluding carboxylic acids is 1. The number of anilines is 1. The van der Waals surface area contributed by atoms with Crippen LogP contribution in [0, 0.1) is 6.92 Å². The largest absolute Gasteiger partial charge is 0.362 e. The summed E-state index contributed by atoms with van der Waals surface area (Å²) in [4.78, 5) is 18.2. The van der Waals surface area contributed by atoms with Gasteiger partial charge in [0.1, 0.15) is 0 Å². The zero-order valence-electron chi connectivity index (χ0n) is 19.2. The molecule has 0 aliphatic rings. The van der Waals surface area contributed by atoms with E-state index in [0.29, 0.717) is 25.7 Å². The minimum Gasteiger partial charge on any atom is -0.362 e. The van der Waals surface area contributed by atoms with Crippen LogP contribution in [0.1, 0.15) is 15.4 Å². The molecule has 2 heterocycles. The molecule has 0 saturated carbocycles. The number of nitrogens with one attached hydrogen (secondary N) is 1. The van der Waals surface area contributed by atoms with Crippen molar-refractivity contribution < 1.29 is 4.79 Å². The second kappa shape index (κ2) is 10.5. The van der Waals surface area contributed by atoms with E-state index in [-0.39, 0.29) is 5.78 Å². The first-order chi connectivity index (χ1) is 17.5. The fourth-order valence-electron chi connectivity index (χ4n) is 3.67. The fraction of sp³-hybridized carbons (Fsp3) is 0.0357. The fourth-order valence-corrected chi connectivity index (χ4v) is 4.92. The van der Waals surface area contributed by atoms with E-state index in [1.165, 1.54) is 17.4 Å². The molecule has 3 aromatic carbocycles. The summed E-state index contributed by atoms with van der Waals surface area (Å²) in [6.45, 7) is 1.83. The van der Waals surface area contributed by atoms with Crippen LogP contribution in [0.3, 0.4) is 0 Å². The molecule has 8 heteroatoms. The highest BCUT2D eigenvalue weighted by molar-refractivity contribution is 7.16. The lowest BCUT2D eigenvalue weighted by atomic mass is 10.1. The molecule has 0 radical (unpaired) electrons. The van der Waals surface area contributed by atoms with Gasteiger partial charge in [-0.25, -0.2) is 9.67 Å². The Morgan fingerprint density at radius 1 is 0.917 bits per heavy atom. The van der Waals surface area contributed by atoms with Crippen LogP contribution < -0.4 is 5.32 Å². The van der Waals surface area contributed by atoms with Crippen LogP contribution in [0.2, 0.25) is 10.0 Å². The van der Waals surface area contributed by atoms with Crippen molar-refractivity contribution >= 4 is 46.0 Å². The summed E-state index contributed by atoms with van der Waals surface area (Å²) in [6, 6.07) is 27.2. The van der Waals surface area contributed by atoms with Crippen molar-refractivity contribution in [3.05, 3.63) is 118 Å². The summed E-state index contributed by atoms with van der Waals surface area (Å²) < 4.78 is 1.81. The maximum atomic E-state index is 13.0. The minimum absolute atomic E-state index is 0.152. The van der Waals surface area contributed by atoms with E-state index >= 15 is 0 Å². The van der Waals surface area contributed by atoms with Gasteiger partial charge in [-0.3, -0.25) is 4.79 Å². The number of allylic oxidation sites excluding steroid dienone is 1. The molecule has 0 aliphatic carbocycles. The van der Waals surface area contributed by atoms with E-state index in [2.05, 4.69) is 5.32 Å². The van der Waals surface area contributed by atoms with Gasteiger partial charge in [-0.15, -0.1) is 0 Å². The van der Waals surface area contributed by atoms with Crippen LogP contribution >= 0.6 is 34.5 Å². The molecule has 5 aromatic rings. The molecular formula is C28H20Cl2N4OS. The molecular weight excluding hydrogens is 511 g/mol. The first kappa shape index (κ1) is 24.0. The molecule has 0 unspecified atom stereocenters. The predicted molar refractivity (Wildman–Crippen MR) is 148 cm³/mol. The van der Waals surface area contributed by atoms with Crippen molar-refractivity contribution in [1.82, 2.24) is 14.8 Å². The monoisotopic (exact) mass is 530 g/mol. The Hall–Kier alpha value is -3.71. The highest BCUT2D eigenvalue weighted by atomic mass is 35.5. The Balaban J connectivity index is 1.45. The Labute approximate surface area is 222 Å². The number of aromatic nitrogens is 3. The van der Waals surface area contributed by atoms with Gasteiger partial charge in [-0.05, 0) is 31.2 Å². The van der Waals surface area contributed by atoms with Crippen molar-refractivity contribution in [2.75, 3.05) is 5.32 Å². The molecule has 0 bridgehead atoms. The highest BCUT2D eigenvalue weighted by Crippen LogP contribution is 2.31. The zero-order chi connectivity index (χ0) is 25.1. The molecule has 0 spiro atoms. The third-order valence-corrected chi connectivity index (χ3v) is 7.33. The summed E-state index contributed by atoms with van der Waals surface area (Å²) in [6.07, 6.45) is 3.06. The summed E-state index contributed by atoms with van der Waals surface area (Å²) in [5, 5.41) is 9.44. The number of thiazole rings is 1. The van der Waals surface area contributed by atoms with Gasteiger partial charge in [0.2, 0.25) is 5.13 Å². The number of aryl methyl sites for hydroxylation is 1. The van der Waals surface area contributed by atoms with E-state index in [1.807, 2.05) is 78.3 Å². The van der Waals surface area contributed by atoms with Crippen molar-refractivity contribution in [2.24, 2.45) is 0 Å². The van der Waals surface area contributed by atoms with Crippen LogP contribution in [-0.2, 0) is 0 Å². The van der Waals surface area contributed by atoms with Gasteiger partial charge in [0.15, 0.2) is 5.78 Å². The first-order valence-corrected chi connectivity index (χ1v) is 12.7. The van der Waals surface area contributed by atoms with Gasteiger partial charge in [0.25, 0.3) is 0 Å². The SMILES string of the molecule is Cc1nc(-n2nc(-c3ccccc3)cc2-c2ccccc2)sc1C(=O)C=CNc1ccc(Cl)c(Cl)c1. The van der Waals surface area contributed by atoms with Gasteiger partial charge in [0.05, 0.1) is 32.0 Å². The number of nitrogens with zero attached hydrogens (tertiary/aromatic N) is 3. The lowest BCUT2D eigenvalue weighted by molar-refractivity contribution is 0.104. The minimum atomic E-state index is -0.152. The second-order valence-electron chi connectivity index (χ2n) is 7.94. The molecule has 5 rings (SSSR count). The van der Waals surface area contributed by atoms with E-state index < -0.39 is 0 Å². The molecule has 2 aromatic heterocycles. The molecule has 5 nitrogen and oxygen atoms in total. The van der Waals surface area contributed by atoms with E-state index in [9.17, 15) is 4.79 Å². The Kier molecular flexibility index (Phi) is 7.00. The van der Waals surface area contributed by atoms with Crippen LogP contribution in [0.15, 0.2) is 97.2 Å². The first-order valence-electron chi connectivity index (χ1n) is 11.1. The Morgan fingerprint density at radius 2 is 1.61 bits per heavy atom. The molecule has 0 saturated heterocycles. The summed E-state index contributed by atoms with van der Waals surface area (Å²) in [5.41, 5.74) is 5.13. The quantitative estimate of drug-likeness (QED) is 0.170. The molecule has 36 heavy (non-hydrogen) atoms. The predicted octanol–water partition coefficient (Wildman–Crippen LogP) is 8.09. The summed E-state index contributed by atoms with van der Waals surface area (Å²) >= 11 is 13.3. The topological polar surface area (TPSA) is 59.8 Å². The molecule has 178 valence electrons. The van der Waals surface area contributed by atoms with E-state index in [4.69, 9.17) is 33.3 Å². The number of rotatable bonds is 7. The highest BCUT2D eigenvalue weighted by Gasteiger charge is 2.19. The van der Waals surface area contributed by atoms with Crippen LogP contribution in [0.25, 0.3) is 27.6 Å². The van der Waals surface area contributed by atoms with Gasteiger partial charge in [-0.1, -0.05) is 95.2 Å². The number of benzene rings is 3. The zero-order valence-corrected chi connectivity index (χ0v) is 21.5. The summed E-state index contributed by atoms with van der Waals surface area (Å²) in [5.74, 6) is -0.152. The van der Waals surface area contributed by atoms with Crippen LogP contribution in [0.4, 0.5) is 5.69 Å². The van der Waals surface area contributed by atoms with Gasteiger partial charge in [0, 0.05) is 29.1 Å². The third-order valence-electron chi connectivity index (χ3n) is 5.44. The molecule has 0 aliphatic heterocycles. The van der Waals surface area contributed by atoms with Crippen molar-refractivity contribution in [2.45, 2.75) is 6.92 Å². The number of hydrogen-bond acceptors (Lipinski definition) is 5. The Morgan fingerprint density at radius 3 is 2.31 bits per heavy atom. The Bertz CT molecular complexity index is 1560. The number of ketones is 1. The van der Waals surface area contributed by atoms with Gasteiger partial charge >= 0.3 is 0 Å². The molecule has 0 atom stereocenters. The van der Waals surface area contributed by atoms with Crippen LogP contribution in [-0.4, -0.2) is 20.5 Å². The van der Waals surface area contributed by atoms with Gasteiger partial charge in [-0.2, -0.15) is 5.10 Å². The smallest absolute Gasteiger partial charge is 0.211 e. The standard InChI is InChI=1S/C28H20Cl2N4OS/c1-18-27(26(35)14-15-31-21-12-13-22(29)23(30)16-21)36-28(32-18)34-25(20-10-6-3-7-11-20)17-24(33-34)19-8-4-2-5-9-19/h2-17,31H,1H3. The average molecular weight is 531 g/mol. The van der Waals surface area contributed by atoms with Crippen molar-refractivity contribution in [1.29, 1.82) is 0 Å². The second-order valence-corrected chi connectivity index (χ2v) is 9.73. The molecule has 0 fully saturated rings.